The zero-order chi connectivity index (χ0) is 85.0. The van der Waals surface area contributed by atoms with E-state index in [1.807, 2.05) is 60.7 Å². The van der Waals surface area contributed by atoms with Crippen LogP contribution in [0.5, 0.6) is 28.7 Å². The van der Waals surface area contributed by atoms with Crippen LogP contribution in [-0.2, 0) is 43.3 Å². The highest BCUT2D eigenvalue weighted by Crippen LogP contribution is 2.45. The summed E-state index contributed by atoms with van der Waals surface area (Å²) in [7, 11) is 0. The van der Waals surface area contributed by atoms with Crippen LogP contribution in [0.4, 0.5) is 0 Å². The molecule has 6 aromatic heterocycles. The fourth-order valence-corrected chi connectivity index (χ4v) is 13.5. The van der Waals surface area contributed by atoms with Crippen molar-refractivity contribution < 1.29 is 41.1 Å². The van der Waals surface area contributed by atoms with Gasteiger partial charge in [-0.15, -0.1) is 61.2 Å². The number of nitrogens with zero attached hydrogens (tertiary/aromatic N) is 12. The molecule has 0 fully saturated rings. The van der Waals surface area contributed by atoms with E-state index >= 15 is 0 Å². The van der Waals surface area contributed by atoms with Gasteiger partial charge < -0.3 is 41.1 Å². The molecule has 0 aliphatic carbocycles. The topological polar surface area (TPSA) is 272 Å². The van der Waals surface area contributed by atoms with Crippen molar-refractivity contribution in [3.8, 4) is 166 Å². The molecule has 0 saturated heterocycles. The molecule has 0 aliphatic heterocycles. The molecule has 9 aromatic carbocycles. The molecule has 0 unspecified atom stereocenters. The highest BCUT2D eigenvalue weighted by Gasteiger charge is 2.31. The quantitative estimate of drug-likeness (QED) is 0.0941. The number of ether oxygens (including phenoxy) is 2. The van der Waals surface area contributed by atoms with Crippen molar-refractivity contribution in [2.24, 2.45) is 0 Å². The summed E-state index contributed by atoms with van der Waals surface area (Å²) in [4.78, 5) is 0. The summed E-state index contributed by atoms with van der Waals surface area (Å²) in [6, 6.07) is 56.3. The molecule has 0 atom stereocenters. The SMILES string of the molecule is CC(C)(C)c1cc(-c2nnc(-c3cc(Oc4ccc(-c5nnc(-c6cc(O)cc(-c7nnc(-c8ccc(Oc9cc(-c%10nnc(-c%11cc(C(C)(C)C)cc(C(C)(C)C)c%11)o%10)cc(-c%10nnc(-c%11cc(C(C)(C)C)cc(C(C)(C)C)c%11)o%10)c9)cc8)o7)c6)o5)cc4)cc(-c4nnc(-c5cc(C(C)(C)C)cc(C(C)(C)C)c5)o4)c3)o2)cc(C(C)(C)C)c1. The maximum Gasteiger partial charge on any atom is 0.248 e. The van der Waals surface area contributed by atoms with Gasteiger partial charge in [0.15, 0.2) is 0 Å². The number of benzene rings is 9. The number of hydrogen-bond acceptors (Lipinski definition) is 21. The molecule has 0 amide bonds. The number of rotatable bonds is 16. The maximum atomic E-state index is 11.2. The van der Waals surface area contributed by atoms with Crippen molar-refractivity contribution in [2.45, 2.75) is 209 Å². The van der Waals surface area contributed by atoms with Gasteiger partial charge in [0, 0.05) is 66.8 Å². The van der Waals surface area contributed by atoms with Crippen LogP contribution in [0.25, 0.3) is 137 Å². The molecule has 21 heteroatoms. The Balaban J connectivity index is 0.678. The first-order valence-corrected chi connectivity index (χ1v) is 40.1. The van der Waals surface area contributed by atoms with Crippen LogP contribution in [0.3, 0.4) is 0 Å². The number of aromatic hydroxyl groups is 1. The third kappa shape index (κ3) is 18.0. The Morgan fingerprint density at radius 1 is 0.176 bits per heavy atom. The molecule has 608 valence electrons. The minimum absolute atomic E-state index is 0.0973. The monoisotopic (exact) mass is 1590 g/mol. The van der Waals surface area contributed by atoms with Gasteiger partial charge in [0.05, 0.1) is 0 Å². The predicted molar refractivity (Wildman–Crippen MR) is 463 cm³/mol. The molecule has 0 bridgehead atoms. The summed E-state index contributed by atoms with van der Waals surface area (Å²) in [6.45, 7) is 52.7. The van der Waals surface area contributed by atoms with Gasteiger partial charge in [0.1, 0.15) is 28.7 Å². The van der Waals surface area contributed by atoms with Crippen LogP contribution in [0.15, 0.2) is 202 Å². The normalized spacial score (nSPS) is 12.7. The van der Waals surface area contributed by atoms with Crippen molar-refractivity contribution in [1.29, 1.82) is 0 Å². The van der Waals surface area contributed by atoms with E-state index in [0.717, 1.165) is 66.8 Å². The molecule has 21 nitrogen and oxygen atoms in total. The van der Waals surface area contributed by atoms with E-state index in [4.69, 9.17) is 36.0 Å². The van der Waals surface area contributed by atoms with E-state index in [9.17, 15) is 5.11 Å². The highest BCUT2D eigenvalue weighted by molar-refractivity contribution is 5.74. The van der Waals surface area contributed by atoms with Gasteiger partial charge >= 0.3 is 0 Å². The zero-order valence-electron chi connectivity index (χ0n) is 72.3. The van der Waals surface area contributed by atoms with Gasteiger partial charge in [-0.2, -0.15) is 0 Å². The standard InChI is InChI=1S/C98H102N12O9/c1-91(2,3)66-36-62(37-67(50-66)92(4,5)6)87-107-103-83(116-87)58-34-59(84-104-108-88(117-84)63-38-68(93(7,8)9)51-69(39-63)94(10,11)12)47-77(46-58)112-75-29-25-54(26-30-75)79-99-101-81(114-79)56-33-57(45-74(111)44-56)82-102-100-80(115-82)55-27-31-76(32-28-55)113-78-48-60(85-105-109-89(118-85)64-40-70(95(13,14)15)52-71(41-64)96(16,17)18)35-61(49-78)86-106-110-90(119-86)65-42-72(97(19,20)21)53-73(43-65)98(22,23)24/h25-53,111H,1-24H3. The fraction of sp³-hybridized carbons (Fsp3) is 0.327. The summed E-state index contributed by atoms with van der Waals surface area (Å²) in [5.41, 5.74) is 15.7. The third-order valence-electron chi connectivity index (χ3n) is 21.1. The average Bonchev–Trinajstić information content (AvgIpc) is 1.77. The summed E-state index contributed by atoms with van der Waals surface area (Å²) >= 11 is 0. The Morgan fingerprint density at radius 3 is 0.496 bits per heavy atom. The molecular formula is C98H102N12O9. The highest BCUT2D eigenvalue weighted by atomic mass is 16.5. The van der Waals surface area contributed by atoms with Crippen molar-refractivity contribution in [2.75, 3.05) is 0 Å². The van der Waals surface area contributed by atoms with Crippen molar-refractivity contribution >= 4 is 0 Å². The molecule has 0 radical (unpaired) electrons. The minimum Gasteiger partial charge on any atom is -0.508 e. The molecule has 6 heterocycles. The lowest BCUT2D eigenvalue weighted by Crippen LogP contribution is -2.16. The molecule has 15 rings (SSSR count). The van der Waals surface area contributed by atoms with Crippen LogP contribution in [0, 0.1) is 0 Å². The Hall–Kier alpha value is -12.8. The third-order valence-corrected chi connectivity index (χ3v) is 21.1. The van der Waals surface area contributed by atoms with E-state index in [-0.39, 0.29) is 96.2 Å². The molecule has 119 heavy (non-hydrogen) atoms. The van der Waals surface area contributed by atoms with Gasteiger partial charge in [0.25, 0.3) is 0 Å². The Labute approximate surface area is 694 Å². The summed E-state index contributed by atoms with van der Waals surface area (Å²) in [5, 5.41) is 65.7. The number of phenols is 1. The summed E-state index contributed by atoms with van der Waals surface area (Å²) in [5.74, 6) is 5.01. The first-order valence-electron chi connectivity index (χ1n) is 40.1. The van der Waals surface area contributed by atoms with Gasteiger partial charge in [-0.3, -0.25) is 0 Å². The molecule has 15 aromatic rings. The van der Waals surface area contributed by atoms with E-state index in [1.165, 1.54) is 12.1 Å². The Morgan fingerprint density at radius 2 is 0.328 bits per heavy atom. The van der Waals surface area contributed by atoms with Gasteiger partial charge in [-0.1, -0.05) is 190 Å². The van der Waals surface area contributed by atoms with E-state index in [2.05, 4.69) is 300 Å². The van der Waals surface area contributed by atoms with Crippen molar-refractivity contribution in [3.05, 3.63) is 220 Å². The van der Waals surface area contributed by atoms with Gasteiger partial charge in [0.2, 0.25) is 70.7 Å². The lowest BCUT2D eigenvalue weighted by Gasteiger charge is -2.25. The molecule has 1 N–H and O–H groups in total. The number of phenolic OH excluding ortho intramolecular Hbond substituents is 1. The molecular weight excluding hydrogens is 1490 g/mol. The van der Waals surface area contributed by atoms with E-state index in [1.54, 1.807) is 30.3 Å². The second-order valence-corrected chi connectivity index (χ2v) is 39.2. The molecule has 0 aliphatic rings. The maximum absolute atomic E-state index is 11.2. The Kier molecular flexibility index (Phi) is 20.5. The lowest BCUT2D eigenvalue weighted by atomic mass is 9.79. The lowest BCUT2D eigenvalue weighted by molar-refractivity contribution is 0.474. The van der Waals surface area contributed by atoms with Crippen molar-refractivity contribution in [1.82, 2.24) is 61.2 Å². The summed E-state index contributed by atoms with van der Waals surface area (Å²) < 4.78 is 52.2. The minimum atomic E-state index is -0.138. The Bertz CT molecular complexity index is 5520. The number of aromatic nitrogens is 12. The van der Waals surface area contributed by atoms with E-state index < -0.39 is 0 Å². The number of hydrogen-bond donors (Lipinski definition) is 1. The van der Waals surface area contributed by atoms with Crippen LogP contribution < -0.4 is 9.47 Å². The van der Waals surface area contributed by atoms with Gasteiger partial charge in [-0.25, -0.2) is 0 Å². The van der Waals surface area contributed by atoms with Crippen LogP contribution >= 0.6 is 0 Å². The van der Waals surface area contributed by atoms with Crippen LogP contribution in [0.1, 0.15) is 211 Å². The largest absolute Gasteiger partial charge is 0.508 e. The second-order valence-electron chi connectivity index (χ2n) is 39.2. The first kappa shape index (κ1) is 81.4. The van der Waals surface area contributed by atoms with Crippen LogP contribution in [0.2, 0.25) is 0 Å². The van der Waals surface area contributed by atoms with E-state index in [0.29, 0.717) is 91.1 Å². The molecule has 0 saturated carbocycles. The van der Waals surface area contributed by atoms with Gasteiger partial charge in [-0.05, 0) is 239 Å². The fourth-order valence-electron chi connectivity index (χ4n) is 13.5. The zero-order valence-corrected chi connectivity index (χ0v) is 72.3. The summed E-state index contributed by atoms with van der Waals surface area (Å²) in [6.07, 6.45) is 0. The van der Waals surface area contributed by atoms with Crippen molar-refractivity contribution in [3.63, 3.8) is 0 Å². The molecule has 0 spiro atoms. The second kappa shape index (κ2) is 30.0. The average molecular weight is 1590 g/mol. The predicted octanol–water partition coefficient (Wildman–Crippen LogP) is 25.7. The first-order chi connectivity index (χ1) is 55.7. The smallest absolute Gasteiger partial charge is 0.248 e. The van der Waals surface area contributed by atoms with Crippen LogP contribution in [-0.4, -0.2) is 66.3 Å².